The molecule has 0 radical (unpaired) electrons. The Bertz CT molecular complexity index is 1050. The summed E-state index contributed by atoms with van der Waals surface area (Å²) in [7, 11) is 2.15. The van der Waals surface area contributed by atoms with Crippen molar-refractivity contribution in [3.63, 3.8) is 0 Å². The number of nitrogens with zero attached hydrogens (tertiary/aromatic N) is 5. The monoisotopic (exact) mass is 428 g/mol. The Morgan fingerprint density at radius 2 is 1.88 bits per heavy atom. The molecule has 3 aliphatic heterocycles. The third kappa shape index (κ3) is 4.22. The lowest BCUT2D eigenvalue weighted by Gasteiger charge is -2.31. The second kappa shape index (κ2) is 9.07. The smallest absolute Gasteiger partial charge is 0.160 e. The molecule has 0 unspecified atom stereocenters. The van der Waals surface area contributed by atoms with Crippen LogP contribution in [0.15, 0.2) is 60.0 Å². The lowest BCUT2D eigenvalue weighted by molar-refractivity contribution is 0.573. The molecular weight excluding hydrogens is 396 g/mol. The summed E-state index contributed by atoms with van der Waals surface area (Å²) in [5.74, 6) is 2.93. The number of hydrogen-bond donors (Lipinski definition) is 1. The van der Waals surface area contributed by atoms with Crippen LogP contribution in [0.2, 0.25) is 0 Å². The predicted molar refractivity (Wildman–Crippen MR) is 136 cm³/mol. The van der Waals surface area contributed by atoms with Gasteiger partial charge >= 0.3 is 0 Å². The number of anilines is 4. The number of benzene rings is 1. The number of allylic oxidation sites excluding steroid dienone is 1. The van der Waals surface area contributed by atoms with Crippen LogP contribution in [0.4, 0.5) is 23.0 Å². The number of fused-ring (bicyclic) bond motifs is 1. The van der Waals surface area contributed by atoms with Gasteiger partial charge in [-0.05, 0) is 61.1 Å². The van der Waals surface area contributed by atoms with Crippen molar-refractivity contribution >= 4 is 34.8 Å². The minimum Gasteiger partial charge on any atom is -0.372 e. The molecule has 0 aliphatic carbocycles. The van der Waals surface area contributed by atoms with E-state index < -0.39 is 0 Å². The van der Waals surface area contributed by atoms with E-state index in [1.165, 1.54) is 30.4 Å². The number of aliphatic imine (C=N–C) groups is 1. The molecule has 2 aromatic rings. The van der Waals surface area contributed by atoms with E-state index in [-0.39, 0.29) is 0 Å². The number of nitrogens with one attached hydrogen (secondary N) is 1. The molecule has 3 aliphatic rings. The second-order valence-corrected chi connectivity index (χ2v) is 8.83. The average Bonchev–Trinajstić information content (AvgIpc) is 3.32. The first-order chi connectivity index (χ1) is 15.7. The summed E-state index contributed by atoms with van der Waals surface area (Å²) >= 11 is 0. The Labute approximate surface area is 191 Å². The van der Waals surface area contributed by atoms with Crippen LogP contribution in [0.3, 0.4) is 0 Å². The van der Waals surface area contributed by atoms with Gasteiger partial charge in [-0.2, -0.15) is 0 Å². The summed E-state index contributed by atoms with van der Waals surface area (Å²) in [6, 6.07) is 12.9. The second-order valence-electron chi connectivity index (χ2n) is 8.83. The predicted octanol–water partition coefficient (Wildman–Crippen LogP) is 5.12. The van der Waals surface area contributed by atoms with E-state index in [0.717, 1.165) is 67.9 Å². The standard InChI is InChI=1S/C26H32N6/c1-20(28-23-9-6-8-21(18-23)22-12-13-27-19-22)32-17-7-14-30(2)24-10-11-25(29-26(24)32)31-15-4-3-5-16-31/h6,8-11,13,18-19,28H,1,3-5,7,12,14-17H2,2H3. The lowest BCUT2D eigenvalue weighted by atomic mass is 10.0. The Balaban J connectivity index is 1.41. The Morgan fingerprint density at radius 1 is 1.00 bits per heavy atom. The van der Waals surface area contributed by atoms with Crippen LogP contribution in [-0.4, -0.2) is 44.4 Å². The van der Waals surface area contributed by atoms with Crippen molar-refractivity contribution in [1.29, 1.82) is 0 Å². The molecule has 32 heavy (non-hydrogen) atoms. The van der Waals surface area contributed by atoms with Crippen LogP contribution in [0.25, 0.3) is 5.57 Å². The van der Waals surface area contributed by atoms with Crippen molar-refractivity contribution in [3.8, 4) is 0 Å². The highest BCUT2D eigenvalue weighted by Crippen LogP contribution is 2.35. The van der Waals surface area contributed by atoms with Gasteiger partial charge in [0.15, 0.2) is 5.82 Å². The first-order valence-corrected chi connectivity index (χ1v) is 11.7. The molecule has 1 fully saturated rings. The normalized spacial score (nSPS) is 18.3. The van der Waals surface area contributed by atoms with Crippen LogP contribution in [-0.2, 0) is 0 Å². The van der Waals surface area contributed by atoms with Crippen molar-refractivity contribution in [2.45, 2.75) is 32.1 Å². The summed E-state index contributed by atoms with van der Waals surface area (Å²) in [5.41, 5.74) is 4.63. The first-order valence-electron chi connectivity index (χ1n) is 11.7. The number of piperidine rings is 1. The summed E-state index contributed by atoms with van der Waals surface area (Å²) in [6.07, 6.45) is 9.64. The van der Waals surface area contributed by atoms with Crippen LogP contribution < -0.4 is 20.0 Å². The molecule has 4 heterocycles. The Kier molecular flexibility index (Phi) is 5.84. The summed E-state index contributed by atoms with van der Waals surface area (Å²) in [6.45, 7) is 8.49. The lowest BCUT2D eigenvalue weighted by Crippen LogP contribution is -2.32. The van der Waals surface area contributed by atoms with Gasteiger partial charge < -0.3 is 20.0 Å². The molecule has 6 heteroatoms. The molecule has 6 nitrogen and oxygen atoms in total. The minimum atomic E-state index is 0.860. The molecule has 1 N–H and O–H groups in total. The van der Waals surface area contributed by atoms with Crippen LogP contribution in [0.5, 0.6) is 0 Å². The van der Waals surface area contributed by atoms with E-state index in [9.17, 15) is 0 Å². The maximum Gasteiger partial charge on any atom is 0.160 e. The van der Waals surface area contributed by atoms with Crippen molar-refractivity contribution in [3.05, 3.63) is 60.6 Å². The summed E-state index contributed by atoms with van der Waals surface area (Å²) < 4.78 is 0. The number of pyridine rings is 1. The largest absolute Gasteiger partial charge is 0.372 e. The van der Waals surface area contributed by atoms with Gasteiger partial charge in [-0.1, -0.05) is 18.7 Å². The van der Waals surface area contributed by atoms with Gasteiger partial charge in [-0.3, -0.25) is 4.99 Å². The maximum absolute atomic E-state index is 5.16. The third-order valence-corrected chi connectivity index (χ3v) is 6.56. The van der Waals surface area contributed by atoms with E-state index in [2.05, 4.69) is 75.0 Å². The fourth-order valence-electron chi connectivity index (χ4n) is 4.75. The SMILES string of the molecule is C=C(Nc1cccc(C2=CN=CC2)c1)N1CCCN(C)c2ccc(N3CCCCC3)nc21. The van der Waals surface area contributed by atoms with Gasteiger partial charge in [0.05, 0.1) is 5.69 Å². The molecule has 166 valence electrons. The van der Waals surface area contributed by atoms with E-state index in [0.29, 0.717) is 0 Å². The number of rotatable bonds is 5. The van der Waals surface area contributed by atoms with Crippen molar-refractivity contribution < 1.29 is 0 Å². The third-order valence-electron chi connectivity index (χ3n) is 6.56. The zero-order valence-electron chi connectivity index (χ0n) is 18.9. The topological polar surface area (TPSA) is 47.0 Å². The van der Waals surface area contributed by atoms with Gasteiger partial charge in [-0.15, -0.1) is 0 Å². The van der Waals surface area contributed by atoms with Gasteiger partial charge in [-0.25, -0.2) is 4.98 Å². The Hall–Kier alpha value is -3.28. The highest BCUT2D eigenvalue weighted by Gasteiger charge is 2.24. The van der Waals surface area contributed by atoms with Crippen molar-refractivity contribution in [2.24, 2.45) is 4.99 Å². The zero-order valence-corrected chi connectivity index (χ0v) is 18.9. The fourth-order valence-corrected chi connectivity index (χ4v) is 4.75. The molecule has 0 saturated carbocycles. The van der Waals surface area contributed by atoms with E-state index in [4.69, 9.17) is 4.98 Å². The highest BCUT2D eigenvalue weighted by molar-refractivity contribution is 5.85. The van der Waals surface area contributed by atoms with E-state index >= 15 is 0 Å². The average molecular weight is 429 g/mol. The Morgan fingerprint density at radius 3 is 2.69 bits per heavy atom. The molecule has 1 aromatic heterocycles. The maximum atomic E-state index is 5.16. The van der Waals surface area contributed by atoms with Gasteiger partial charge in [0.25, 0.3) is 0 Å². The summed E-state index contributed by atoms with van der Waals surface area (Å²) in [5, 5.41) is 3.55. The minimum absolute atomic E-state index is 0.860. The van der Waals surface area contributed by atoms with Crippen molar-refractivity contribution in [2.75, 3.05) is 53.2 Å². The molecule has 1 aromatic carbocycles. The van der Waals surface area contributed by atoms with Gasteiger partial charge in [0.2, 0.25) is 0 Å². The van der Waals surface area contributed by atoms with Crippen LogP contribution in [0.1, 0.15) is 37.7 Å². The molecule has 0 atom stereocenters. The van der Waals surface area contributed by atoms with Gasteiger partial charge in [0, 0.05) is 57.7 Å². The van der Waals surface area contributed by atoms with E-state index in [1.54, 1.807) is 0 Å². The fraction of sp³-hybridized carbons (Fsp3) is 0.385. The van der Waals surface area contributed by atoms with Crippen LogP contribution in [0, 0.1) is 0 Å². The quantitative estimate of drug-likeness (QED) is 0.716. The molecule has 0 bridgehead atoms. The summed E-state index contributed by atoms with van der Waals surface area (Å²) in [4.78, 5) is 16.4. The molecule has 0 spiro atoms. The van der Waals surface area contributed by atoms with Gasteiger partial charge in [0.1, 0.15) is 11.6 Å². The van der Waals surface area contributed by atoms with Crippen LogP contribution >= 0.6 is 0 Å². The number of aromatic nitrogens is 1. The van der Waals surface area contributed by atoms with E-state index in [1.807, 2.05) is 12.4 Å². The highest BCUT2D eigenvalue weighted by atomic mass is 15.3. The zero-order chi connectivity index (χ0) is 21.9. The molecule has 0 amide bonds. The van der Waals surface area contributed by atoms with Crippen molar-refractivity contribution in [1.82, 2.24) is 4.98 Å². The first kappa shape index (κ1) is 20.6. The molecular formula is C26H32N6. The number of hydrogen-bond acceptors (Lipinski definition) is 6. The molecule has 1 saturated heterocycles. The molecule has 5 rings (SSSR count).